The van der Waals surface area contributed by atoms with Crippen LogP contribution >= 0.6 is 0 Å². The van der Waals surface area contributed by atoms with Gasteiger partial charge in [0.05, 0.1) is 0 Å². The number of methoxy groups -OCH3 is 1. The first kappa shape index (κ1) is 15.3. The number of hydrogen-bond donors (Lipinski definition) is 2. The summed E-state index contributed by atoms with van der Waals surface area (Å²) in [6.07, 6.45) is 1.71. The number of ether oxygens (including phenoxy) is 1. The number of amides is 2. The highest BCUT2D eigenvalue weighted by atomic mass is 16.5. The molecule has 0 saturated heterocycles. The third-order valence-corrected chi connectivity index (χ3v) is 3.56. The molecule has 0 spiro atoms. The maximum atomic E-state index is 12.2. The van der Waals surface area contributed by atoms with Crippen LogP contribution in [0.2, 0.25) is 0 Å². The number of para-hydroxylation sites is 1. The summed E-state index contributed by atoms with van der Waals surface area (Å²) in [5.74, 6) is -1.56. The van der Waals surface area contributed by atoms with Gasteiger partial charge in [0.2, 0.25) is 0 Å². The summed E-state index contributed by atoms with van der Waals surface area (Å²) in [4.78, 5) is 25.0. The van der Waals surface area contributed by atoms with E-state index < -0.39 is 11.9 Å². The van der Waals surface area contributed by atoms with Crippen LogP contribution in [0.3, 0.4) is 0 Å². The molecule has 0 aliphatic carbocycles. The predicted molar refractivity (Wildman–Crippen MR) is 78.7 cm³/mol. The van der Waals surface area contributed by atoms with Crippen molar-refractivity contribution in [3.05, 3.63) is 29.8 Å². The predicted octanol–water partition coefficient (Wildman–Crippen LogP) is 1.81. The first-order chi connectivity index (χ1) is 10.1. The lowest BCUT2D eigenvalue weighted by Crippen LogP contribution is -2.40. The average molecular weight is 292 g/mol. The Bertz CT molecular complexity index is 518. The monoisotopic (exact) mass is 292 g/mol. The zero-order valence-corrected chi connectivity index (χ0v) is 12.0. The summed E-state index contributed by atoms with van der Waals surface area (Å²) in [6.45, 7) is 1.40. The lowest BCUT2D eigenvalue weighted by molar-refractivity contribution is -0.138. The fraction of sp³-hybridized carbons (Fsp3) is 0.467. The van der Waals surface area contributed by atoms with Crippen molar-refractivity contribution >= 4 is 17.7 Å². The Morgan fingerprint density at radius 2 is 2.14 bits per heavy atom. The van der Waals surface area contributed by atoms with E-state index in [2.05, 4.69) is 5.32 Å². The summed E-state index contributed by atoms with van der Waals surface area (Å²) in [5, 5.41) is 12.1. The molecule has 2 N–H and O–H groups in total. The van der Waals surface area contributed by atoms with Crippen LogP contribution in [-0.4, -0.2) is 43.9 Å². The summed E-state index contributed by atoms with van der Waals surface area (Å²) < 4.78 is 4.95. The van der Waals surface area contributed by atoms with E-state index >= 15 is 0 Å². The Kier molecular flexibility index (Phi) is 5.16. The summed E-state index contributed by atoms with van der Waals surface area (Å²) >= 11 is 0. The maximum absolute atomic E-state index is 12.2. The molecule has 1 aromatic carbocycles. The maximum Gasteiger partial charge on any atom is 0.321 e. The Morgan fingerprint density at radius 1 is 1.38 bits per heavy atom. The number of unbranched alkanes of at least 4 members (excludes halogenated alkanes) is 1. The van der Waals surface area contributed by atoms with Gasteiger partial charge in [-0.25, -0.2) is 4.79 Å². The third-order valence-electron chi connectivity index (χ3n) is 3.56. The van der Waals surface area contributed by atoms with Crippen molar-refractivity contribution in [1.82, 2.24) is 5.32 Å². The number of aliphatic carboxylic acids is 1. The molecule has 6 heteroatoms. The molecule has 2 amide bonds. The number of carbonyl (C=O) groups excluding carboxylic acids is 1. The molecule has 1 unspecified atom stereocenters. The number of nitrogens with zero attached hydrogens (tertiary/aromatic N) is 1. The van der Waals surface area contributed by atoms with Gasteiger partial charge in [0.1, 0.15) is 5.92 Å². The molecule has 1 aromatic rings. The number of carboxylic acid groups (broad SMARTS) is 1. The van der Waals surface area contributed by atoms with Crippen LogP contribution in [0, 0.1) is 0 Å². The van der Waals surface area contributed by atoms with Gasteiger partial charge in [-0.3, -0.25) is 9.69 Å². The smallest absolute Gasteiger partial charge is 0.321 e. The van der Waals surface area contributed by atoms with E-state index in [-0.39, 0.29) is 12.6 Å². The van der Waals surface area contributed by atoms with E-state index in [1.807, 2.05) is 6.07 Å². The first-order valence-corrected chi connectivity index (χ1v) is 7.01. The van der Waals surface area contributed by atoms with Gasteiger partial charge < -0.3 is 15.2 Å². The van der Waals surface area contributed by atoms with Crippen molar-refractivity contribution in [1.29, 1.82) is 0 Å². The number of hydrogen-bond acceptors (Lipinski definition) is 3. The highest BCUT2D eigenvalue weighted by Crippen LogP contribution is 2.36. The molecule has 1 aliphatic heterocycles. The van der Waals surface area contributed by atoms with Crippen molar-refractivity contribution in [3.63, 3.8) is 0 Å². The van der Waals surface area contributed by atoms with E-state index in [4.69, 9.17) is 4.74 Å². The molecule has 0 saturated carbocycles. The van der Waals surface area contributed by atoms with E-state index in [1.165, 1.54) is 4.90 Å². The fourth-order valence-corrected chi connectivity index (χ4v) is 2.47. The number of urea groups is 1. The molecule has 1 atom stereocenters. The van der Waals surface area contributed by atoms with E-state index in [9.17, 15) is 14.7 Å². The van der Waals surface area contributed by atoms with Gasteiger partial charge in [0.15, 0.2) is 0 Å². The van der Waals surface area contributed by atoms with E-state index in [0.29, 0.717) is 24.4 Å². The van der Waals surface area contributed by atoms with Crippen LogP contribution < -0.4 is 10.2 Å². The SMILES string of the molecule is COCCCCNC(=O)N1CC(C(=O)O)c2ccccc21. The Balaban J connectivity index is 1.98. The van der Waals surface area contributed by atoms with Crippen molar-refractivity contribution in [2.75, 3.05) is 31.7 Å². The second kappa shape index (κ2) is 7.08. The zero-order chi connectivity index (χ0) is 15.2. The van der Waals surface area contributed by atoms with Crippen LogP contribution in [0.4, 0.5) is 10.5 Å². The molecule has 114 valence electrons. The molecular formula is C15H20N2O4. The van der Waals surface area contributed by atoms with Gasteiger partial charge in [-0.1, -0.05) is 18.2 Å². The topological polar surface area (TPSA) is 78.9 Å². The number of rotatable bonds is 6. The van der Waals surface area contributed by atoms with Crippen molar-refractivity contribution in [2.45, 2.75) is 18.8 Å². The molecule has 0 fully saturated rings. The number of carbonyl (C=O) groups is 2. The molecule has 0 radical (unpaired) electrons. The van der Waals surface area contributed by atoms with Crippen molar-refractivity contribution < 1.29 is 19.4 Å². The number of anilines is 1. The molecule has 6 nitrogen and oxygen atoms in total. The van der Waals surface area contributed by atoms with E-state index in [0.717, 1.165) is 12.8 Å². The normalized spacial score (nSPS) is 16.6. The molecule has 21 heavy (non-hydrogen) atoms. The van der Waals surface area contributed by atoms with Crippen LogP contribution in [0.5, 0.6) is 0 Å². The van der Waals surface area contributed by atoms with Crippen LogP contribution in [0.15, 0.2) is 24.3 Å². The second-order valence-corrected chi connectivity index (χ2v) is 4.99. The molecule has 0 aromatic heterocycles. The quantitative estimate of drug-likeness (QED) is 0.784. The first-order valence-electron chi connectivity index (χ1n) is 7.01. The lowest BCUT2D eigenvalue weighted by Gasteiger charge is -2.18. The Hall–Kier alpha value is -2.08. The second-order valence-electron chi connectivity index (χ2n) is 4.99. The number of benzene rings is 1. The van der Waals surface area contributed by atoms with Crippen molar-refractivity contribution in [3.8, 4) is 0 Å². The minimum absolute atomic E-state index is 0.179. The summed E-state index contributed by atoms with van der Waals surface area (Å²) in [5.41, 5.74) is 1.37. The molecular weight excluding hydrogens is 272 g/mol. The van der Waals surface area contributed by atoms with Crippen LogP contribution in [0.25, 0.3) is 0 Å². The highest BCUT2D eigenvalue weighted by Gasteiger charge is 2.36. The number of carboxylic acids is 1. The highest BCUT2D eigenvalue weighted by molar-refractivity contribution is 5.97. The number of fused-ring (bicyclic) bond motifs is 1. The Morgan fingerprint density at radius 3 is 2.86 bits per heavy atom. The van der Waals surface area contributed by atoms with Crippen LogP contribution in [-0.2, 0) is 9.53 Å². The molecule has 2 rings (SSSR count). The Labute approximate surface area is 123 Å². The average Bonchev–Trinajstić information content (AvgIpc) is 2.87. The zero-order valence-electron chi connectivity index (χ0n) is 12.0. The number of nitrogens with one attached hydrogen (secondary N) is 1. The van der Waals surface area contributed by atoms with E-state index in [1.54, 1.807) is 25.3 Å². The molecule has 1 heterocycles. The van der Waals surface area contributed by atoms with Gasteiger partial charge >= 0.3 is 12.0 Å². The molecule has 0 bridgehead atoms. The van der Waals surface area contributed by atoms with Crippen LogP contribution in [0.1, 0.15) is 24.3 Å². The van der Waals surface area contributed by atoms with Gasteiger partial charge in [-0.05, 0) is 24.5 Å². The minimum Gasteiger partial charge on any atom is -0.481 e. The summed E-state index contributed by atoms with van der Waals surface area (Å²) in [7, 11) is 1.64. The van der Waals surface area contributed by atoms with Gasteiger partial charge in [-0.15, -0.1) is 0 Å². The largest absolute Gasteiger partial charge is 0.481 e. The van der Waals surface area contributed by atoms with Gasteiger partial charge in [-0.2, -0.15) is 0 Å². The minimum atomic E-state index is -0.905. The van der Waals surface area contributed by atoms with Gasteiger partial charge in [0, 0.05) is 32.5 Å². The lowest BCUT2D eigenvalue weighted by atomic mass is 10.0. The fourth-order valence-electron chi connectivity index (χ4n) is 2.47. The van der Waals surface area contributed by atoms with Crippen molar-refractivity contribution in [2.24, 2.45) is 0 Å². The van der Waals surface area contributed by atoms with Gasteiger partial charge in [0.25, 0.3) is 0 Å². The third kappa shape index (κ3) is 3.52. The molecule has 1 aliphatic rings. The standard InChI is InChI=1S/C15H20N2O4/c1-21-9-5-4-8-16-15(20)17-10-12(14(18)19)11-6-2-3-7-13(11)17/h2-3,6-7,12H,4-5,8-10H2,1H3,(H,16,20)(H,18,19). The summed E-state index contributed by atoms with van der Waals surface area (Å²) in [6, 6.07) is 6.90.